The van der Waals surface area contributed by atoms with Gasteiger partial charge in [-0.15, -0.1) is 0 Å². The van der Waals surface area contributed by atoms with E-state index in [1.807, 2.05) is 0 Å². The standard InChI is InChI=1S/C24H34N2O2/c27-22(21-17-23(21)9-13-26(14-10-23)20-7-4-8-20)25-18-24(11-15-28-16-12-24)19-5-2-1-3-6-19/h1-3,5-6,20-21H,4,7-18H2,(H,25,27). The van der Waals surface area contributed by atoms with E-state index in [0.717, 1.165) is 45.1 Å². The predicted octanol–water partition coefficient (Wildman–Crippen LogP) is 3.51. The molecule has 4 heteroatoms. The summed E-state index contributed by atoms with van der Waals surface area (Å²) < 4.78 is 5.63. The fraction of sp³-hybridized carbons (Fsp3) is 0.708. The zero-order chi connectivity index (χ0) is 19.0. The molecule has 0 radical (unpaired) electrons. The number of nitrogens with zero attached hydrogens (tertiary/aromatic N) is 1. The number of rotatable bonds is 5. The van der Waals surface area contributed by atoms with Crippen LogP contribution in [0.5, 0.6) is 0 Å². The summed E-state index contributed by atoms with van der Waals surface area (Å²) in [7, 11) is 0. The topological polar surface area (TPSA) is 41.6 Å². The van der Waals surface area contributed by atoms with Crippen LogP contribution in [0.1, 0.15) is 56.9 Å². The molecule has 1 aromatic rings. The minimum atomic E-state index is 0.0326. The van der Waals surface area contributed by atoms with Crippen molar-refractivity contribution >= 4 is 5.91 Å². The molecule has 152 valence electrons. The van der Waals surface area contributed by atoms with Crippen LogP contribution in [0.2, 0.25) is 0 Å². The molecule has 0 aromatic heterocycles. The van der Waals surface area contributed by atoms with Gasteiger partial charge in [0.25, 0.3) is 0 Å². The third-order valence-electron chi connectivity index (χ3n) is 8.33. The van der Waals surface area contributed by atoms with E-state index in [2.05, 4.69) is 40.5 Å². The lowest BCUT2D eigenvalue weighted by molar-refractivity contribution is -0.124. The van der Waals surface area contributed by atoms with E-state index in [1.54, 1.807) is 0 Å². The Kier molecular flexibility index (Phi) is 4.96. The Bertz CT molecular complexity index is 686. The first-order valence-electron chi connectivity index (χ1n) is 11.4. The number of amides is 1. The molecule has 1 aromatic carbocycles. The fourth-order valence-electron chi connectivity index (χ4n) is 5.86. The first-order chi connectivity index (χ1) is 13.7. The van der Waals surface area contributed by atoms with Crippen molar-refractivity contribution < 1.29 is 9.53 Å². The molecule has 2 saturated carbocycles. The molecule has 4 fully saturated rings. The van der Waals surface area contributed by atoms with Crippen molar-refractivity contribution in [2.24, 2.45) is 11.3 Å². The smallest absolute Gasteiger partial charge is 0.223 e. The van der Waals surface area contributed by atoms with Crippen LogP contribution in [-0.4, -0.2) is 49.7 Å². The number of piperidine rings is 1. The summed E-state index contributed by atoms with van der Waals surface area (Å²) in [4.78, 5) is 15.7. The van der Waals surface area contributed by atoms with E-state index in [4.69, 9.17) is 4.74 Å². The van der Waals surface area contributed by atoms with E-state index in [9.17, 15) is 4.79 Å². The van der Waals surface area contributed by atoms with Crippen LogP contribution in [0, 0.1) is 11.3 Å². The van der Waals surface area contributed by atoms with Gasteiger partial charge >= 0.3 is 0 Å². The highest BCUT2D eigenvalue weighted by Gasteiger charge is 2.58. The Morgan fingerprint density at radius 1 is 1.07 bits per heavy atom. The van der Waals surface area contributed by atoms with Gasteiger partial charge in [-0.3, -0.25) is 4.79 Å². The third-order valence-corrected chi connectivity index (χ3v) is 8.33. The van der Waals surface area contributed by atoms with Crippen molar-refractivity contribution in [3.05, 3.63) is 35.9 Å². The molecule has 1 N–H and O–H groups in total. The van der Waals surface area contributed by atoms with Crippen molar-refractivity contribution in [2.45, 2.75) is 62.8 Å². The van der Waals surface area contributed by atoms with Crippen molar-refractivity contribution in [1.82, 2.24) is 10.2 Å². The highest BCUT2D eigenvalue weighted by molar-refractivity contribution is 5.82. The quantitative estimate of drug-likeness (QED) is 0.847. The number of likely N-dealkylation sites (tertiary alicyclic amines) is 1. The summed E-state index contributed by atoms with van der Waals surface area (Å²) in [6, 6.07) is 11.6. The van der Waals surface area contributed by atoms with Crippen LogP contribution in [0.3, 0.4) is 0 Å². The molecule has 2 aliphatic heterocycles. The Hall–Kier alpha value is -1.39. The molecular weight excluding hydrogens is 348 g/mol. The maximum absolute atomic E-state index is 13.0. The van der Waals surface area contributed by atoms with Gasteiger partial charge in [0.05, 0.1) is 0 Å². The molecule has 4 nitrogen and oxygen atoms in total. The zero-order valence-electron chi connectivity index (χ0n) is 17.0. The number of nitrogens with one attached hydrogen (secondary N) is 1. The number of carbonyl (C=O) groups excluding carboxylic acids is 1. The summed E-state index contributed by atoms with van der Waals surface area (Å²) in [5.74, 6) is 0.558. The monoisotopic (exact) mass is 382 g/mol. The lowest BCUT2D eigenvalue weighted by atomic mass is 9.74. The van der Waals surface area contributed by atoms with Gasteiger partial charge in [-0.2, -0.15) is 0 Å². The SMILES string of the molecule is O=C(NCC1(c2ccccc2)CCOCC1)C1CC12CCN(C1CCC1)CC2. The fourth-order valence-corrected chi connectivity index (χ4v) is 5.86. The molecule has 0 bridgehead atoms. The van der Waals surface area contributed by atoms with E-state index >= 15 is 0 Å². The Labute approximate surface area is 169 Å². The van der Waals surface area contributed by atoms with E-state index in [0.29, 0.717) is 11.3 Å². The van der Waals surface area contributed by atoms with E-state index in [1.165, 1.54) is 50.8 Å². The highest BCUT2D eigenvalue weighted by Crippen LogP contribution is 2.59. The van der Waals surface area contributed by atoms with Crippen LogP contribution in [0.4, 0.5) is 0 Å². The Morgan fingerprint density at radius 3 is 2.43 bits per heavy atom. The second kappa shape index (κ2) is 7.46. The van der Waals surface area contributed by atoms with Gasteiger partial charge < -0.3 is 15.0 Å². The van der Waals surface area contributed by atoms with Gasteiger partial charge in [-0.05, 0) is 69.0 Å². The number of ether oxygens (including phenoxy) is 1. The summed E-state index contributed by atoms with van der Waals surface area (Å²) >= 11 is 0. The molecule has 1 amide bonds. The summed E-state index contributed by atoms with van der Waals surface area (Å²) in [5.41, 5.74) is 1.70. The molecule has 1 unspecified atom stereocenters. The lowest BCUT2D eigenvalue weighted by Gasteiger charge is -2.42. The van der Waals surface area contributed by atoms with Crippen LogP contribution >= 0.6 is 0 Å². The molecular formula is C24H34N2O2. The van der Waals surface area contributed by atoms with Crippen LogP contribution in [0.15, 0.2) is 30.3 Å². The third kappa shape index (κ3) is 3.39. The lowest BCUT2D eigenvalue weighted by Crippen LogP contribution is -2.47. The molecule has 2 heterocycles. The maximum Gasteiger partial charge on any atom is 0.223 e. The minimum Gasteiger partial charge on any atom is -0.381 e. The molecule has 2 aliphatic carbocycles. The van der Waals surface area contributed by atoms with Crippen LogP contribution in [0.25, 0.3) is 0 Å². The predicted molar refractivity (Wildman–Crippen MR) is 110 cm³/mol. The number of hydrogen-bond donors (Lipinski definition) is 1. The van der Waals surface area contributed by atoms with Gasteiger partial charge in [-0.1, -0.05) is 36.8 Å². The van der Waals surface area contributed by atoms with Gasteiger partial charge in [0.1, 0.15) is 0 Å². The average molecular weight is 383 g/mol. The van der Waals surface area contributed by atoms with Gasteiger partial charge in [-0.25, -0.2) is 0 Å². The summed E-state index contributed by atoms with van der Waals surface area (Å²) in [6.07, 6.45) is 9.72. The van der Waals surface area contributed by atoms with Gasteiger partial charge in [0.2, 0.25) is 5.91 Å². The zero-order valence-corrected chi connectivity index (χ0v) is 17.0. The Morgan fingerprint density at radius 2 is 1.79 bits per heavy atom. The molecule has 1 atom stereocenters. The minimum absolute atomic E-state index is 0.0326. The van der Waals surface area contributed by atoms with Gasteiger partial charge in [0, 0.05) is 37.1 Å². The van der Waals surface area contributed by atoms with E-state index in [-0.39, 0.29) is 11.3 Å². The van der Waals surface area contributed by atoms with Crippen molar-refractivity contribution in [3.63, 3.8) is 0 Å². The first-order valence-corrected chi connectivity index (χ1v) is 11.4. The molecule has 5 rings (SSSR count). The Balaban J connectivity index is 1.18. The van der Waals surface area contributed by atoms with E-state index < -0.39 is 0 Å². The molecule has 4 aliphatic rings. The molecule has 28 heavy (non-hydrogen) atoms. The summed E-state index contributed by atoms with van der Waals surface area (Å²) in [5, 5.41) is 3.37. The van der Waals surface area contributed by atoms with Crippen molar-refractivity contribution in [2.75, 3.05) is 32.8 Å². The largest absolute Gasteiger partial charge is 0.381 e. The van der Waals surface area contributed by atoms with Crippen LogP contribution < -0.4 is 5.32 Å². The second-order valence-corrected chi connectivity index (χ2v) is 9.72. The van der Waals surface area contributed by atoms with Crippen LogP contribution in [-0.2, 0) is 14.9 Å². The maximum atomic E-state index is 13.0. The number of hydrogen-bond acceptors (Lipinski definition) is 3. The number of carbonyl (C=O) groups is 1. The summed E-state index contributed by atoms with van der Waals surface area (Å²) in [6.45, 7) is 4.74. The number of benzene rings is 1. The van der Waals surface area contributed by atoms with Crippen molar-refractivity contribution in [3.8, 4) is 0 Å². The average Bonchev–Trinajstić information content (AvgIpc) is 3.42. The second-order valence-electron chi connectivity index (χ2n) is 9.72. The highest BCUT2D eigenvalue weighted by atomic mass is 16.5. The normalized spacial score (nSPS) is 29.2. The molecule has 2 saturated heterocycles. The van der Waals surface area contributed by atoms with Gasteiger partial charge in [0.15, 0.2) is 0 Å². The van der Waals surface area contributed by atoms with Crippen molar-refractivity contribution in [1.29, 1.82) is 0 Å². The first kappa shape index (κ1) is 18.6. The molecule has 1 spiro atoms.